The second-order valence-electron chi connectivity index (χ2n) is 5.15. The fraction of sp³-hybridized carbons (Fsp3) is 0.500. The van der Waals surface area contributed by atoms with E-state index in [1.807, 2.05) is 24.3 Å². The number of carbonyl (C=O) groups excluding carboxylic acids is 1. The highest BCUT2D eigenvalue weighted by Crippen LogP contribution is 2.39. The SMILES string of the molecule is O=C(NCC1(O)CCOC1)C1CSc2ccccc21. The van der Waals surface area contributed by atoms with Gasteiger partial charge in [-0.05, 0) is 11.6 Å². The lowest BCUT2D eigenvalue weighted by Crippen LogP contribution is -2.44. The number of hydrogen-bond donors (Lipinski definition) is 2. The molecule has 1 aromatic rings. The molecule has 0 aromatic heterocycles. The van der Waals surface area contributed by atoms with Gasteiger partial charge in [0.2, 0.25) is 5.91 Å². The fourth-order valence-corrected chi connectivity index (χ4v) is 3.72. The number of rotatable bonds is 3. The molecular weight excluding hydrogens is 262 g/mol. The Bertz CT molecular complexity index is 485. The van der Waals surface area contributed by atoms with Gasteiger partial charge in [-0.3, -0.25) is 4.79 Å². The minimum absolute atomic E-state index is 0.00206. The van der Waals surface area contributed by atoms with Crippen molar-refractivity contribution in [2.45, 2.75) is 22.8 Å². The molecule has 1 fully saturated rings. The lowest BCUT2D eigenvalue weighted by Gasteiger charge is -2.22. The molecule has 0 saturated carbocycles. The number of fused-ring (bicyclic) bond motifs is 1. The van der Waals surface area contributed by atoms with Gasteiger partial charge in [0.25, 0.3) is 0 Å². The summed E-state index contributed by atoms with van der Waals surface area (Å²) in [7, 11) is 0. The summed E-state index contributed by atoms with van der Waals surface area (Å²) in [6.07, 6.45) is 0.587. The maximum atomic E-state index is 12.2. The zero-order valence-electron chi connectivity index (χ0n) is 10.6. The van der Waals surface area contributed by atoms with Crippen molar-refractivity contribution in [2.75, 3.05) is 25.5 Å². The molecule has 0 spiro atoms. The molecule has 19 heavy (non-hydrogen) atoms. The normalized spacial score (nSPS) is 29.2. The first-order chi connectivity index (χ1) is 9.18. The Morgan fingerprint density at radius 2 is 2.37 bits per heavy atom. The molecular formula is C14H17NO3S. The molecule has 2 heterocycles. The Labute approximate surface area is 116 Å². The van der Waals surface area contributed by atoms with E-state index in [-0.39, 0.29) is 18.4 Å². The molecule has 0 aliphatic carbocycles. The van der Waals surface area contributed by atoms with Crippen molar-refractivity contribution in [3.63, 3.8) is 0 Å². The van der Waals surface area contributed by atoms with Crippen LogP contribution in [0.15, 0.2) is 29.2 Å². The van der Waals surface area contributed by atoms with Crippen LogP contribution in [0.2, 0.25) is 0 Å². The number of nitrogens with one attached hydrogen (secondary N) is 1. The van der Waals surface area contributed by atoms with Crippen molar-refractivity contribution < 1.29 is 14.6 Å². The second-order valence-corrected chi connectivity index (χ2v) is 6.21. The van der Waals surface area contributed by atoms with E-state index >= 15 is 0 Å². The van der Waals surface area contributed by atoms with Gasteiger partial charge < -0.3 is 15.2 Å². The van der Waals surface area contributed by atoms with E-state index in [1.54, 1.807) is 11.8 Å². The third kappa shape index (κ3) is 2.63. The Hall–Kier alpha value is -1.04. The van der Waals surface area contributed by atoms with Gasteiger partial charge in [0.1, 0.15) is 5.60 Å². The van der Waals surface area contributed by atoms with Crippen LogP contribution in [-0.2, 0) is 9.53 Å². The Kier molecular flexibility index (Phi) is 3.52. The summed E-state index contributed by atoms with van der Waals surface area (Å²) >= 11 is 1.71. The van der Waals surface area contributed by atoms with Crippen molar-refractivity contribution in [3.05, 3.63) is 29.8 Å². The standard InChI is InChI=1S/C14H17NO3S/c16-13(15-8-14(17)5-6-18-9-14)11-7-19-12-4-2-1-3-10(11)12/h1-4,11,17H,5-9H2,(H,15,16). The number of benzene rings is 1. The van der Waals surface area contributed by atoms with Gasteiger partial charge in [0, 0.05) is 30.2 Å². The molecule has 1 saturated heterocycles. The van der Waals surface area contributed by atoms with Crippen LogP contribution in [0.5, 0.6) is 0 Å². The van der Waals surface area contributed by atoms with Gasteiger partial charge >= 0.3 is 0 Å². The quantitative estimate of drug-likeness (QED) is 0.871. The molecule has 0 bridgehead atoms. The van der Waals surface area contributed by atoms with E-state index < -0.39 is 5.60 Å². The van der Waals surface area contributed by atoms with Gasteiger partial charge in [-0.25, -0.2) is 0 Å². The van der Waals surface area contributed by atoms with Crippen molar-refractivity contribution >= 4 is 17.7 Å². The first-order valence-electron chi connectivity index (χ1n) is 6.48. The smallest absolute Gasteiger partial charge is 0.228 e. The summed E-state index contributed by atoms with van der Waals surface area (Å²) in [6, 6.07) is 8.01. The average Bonchev–Trinajstić information content (AvgIpc) is 3.03. The highest BCUT2D eigenvalue weighted by atomic mass is 32.2. The topological polar surface area (TPSA) is 58.6 Å². The molecule has 2 N–H and O–H groups in total. The van der Waals surface area contributed by atoms with Crippen molar-refractivity contribution in [2.24, 2.45) is 0 Å². The summed E-state index contributed by atoms with van der Waals surface area (Å²) in [6.45, 7) is 1.15. The molecule has 102 valence electrons. The number of amides is 1. The predicted octanol–water partition coefficient (Wildman–Crippen LogP) is 1.14. The number of thioether (sulfide) groups is 1. The van der Waals surface area contributed by atoms with Gasteiger partial charge in [0.15, 0.2) is 0 Å². The van der Waals surface area contributed by atoms with Crippen LogP contribution in [0.4, 0.5) is 0 Å². The van der Waals surface area contributed by atoms with Gasteiger partial charge in [0.05, 0.1) is 12.5 Å². The Morgan fingerprint density at radius 3 is 3.16 bits per heavy atom. The summed E-state index contributed by atoms with van der Waals surface area (Å²) in [5, 5.41) is 13.0. The highest BCUT2D eigenvalue weighted by molar-refractivity contribution is 7.99. The maximum absolute atomic E-state index is 12.2. The number of ether oxygens (including phenoxy) is 1. The maximum Gasteiger partial charge on any atom is 0.228 e. The zero-order chi connectivity index (χ0) is 13.3. The van der Waals surface area contributed by atoms with Crippen LogP contribution in [0.3, 0.4) is 0 Å². The summed E-state index contributed by atoms with van der Waals surface area (Å²) < 4.78 is 5.17. The van der Waals surface area contributed by atoms with Gasteiger partial charge in [-0.15, -0.1) is 11.8 Å². The molecule has 5 heteroatoms. The van der Waals surface area contributed by atoms with Crippen LogP contribution < -0.4 is 5.32 Å². The van der Waals surface area contributed by atoms with Crippen LogP contribution in [0.25, 0.3) is 0 Å². The van der Waals surface area contributed by atoms with Gasteiger partial charge in [-0.1, -0.05) is 18.2 Å². The largest absolute Gasteiger partial charge is 0.386 e. The van der Waals surface area contributed by atoms with E-state index in [0.717, 1.165) is 11.3 Å². The average molecular weight is 279 g/mol. The summed E-state index contributed by atoms with van der Waals surface area (Å²) in [4.78, 5) is 13.4. The summed E-state index contributed by atoms with van der Waals surface area (Å²) in [5.41, 5.74) is 0.209. The van der Waals surface area contributed by atoms with Crippen LogP contribution in [-0.4, -0.2) is 42.1 Å². The molecule has 1 amide bonds. The second kappa shape index (κ2) is 5.15. The van der Waals surface area contributed by atoms with Crippen LogP contribution >= 0.6 is 11.8 Å². The zero-order valence-corrected chi connectivity index (χ0v) is 11.4. The molecule has 1 aromatic carbocycles. The number of hydrogen-bond acceptors (Lipinski definition) is 4. The first kappa shape index (κ1) is 13.0. The third-order valence-corrected chi connectivity index (χ3v) is 4.87. The molecule has 0 radical (unpaired) electrons. The van der Waals surface area contributed by atoms with Crippen LogP contribution in [0, 0.1) is 0 Å². The highest BCUT2D eigenvalue weighted by Gasteiger charge is 2.34. The van der Waals surface area contributed by atoms with Gasteiger partial charge in [-0.2, -0.15) is 0 Å². The summed E-state index contributed by atoms with van der Waals surface area (Å²) in [5.74, 6) is 0.671. The minimum Gasteiger partial charge on any atom is -0.386 e. The lowest BCUT2D eigenvalue weighted by atomic mass is 9.99. The third-order valence-electron chi connectivity index (χ3n) is 3.69. The Balaban J connectivity index is 1.63. The van der Waals surface area contributed by atoms with E-state index in [9.17, 15) is 9.90 Å². The predicted molar refractivity (Wildman–Crippen MR) is 73.3 cm³/mol. The molecule has 2 atom stereocenters. The van der Waals surface area contributed by atoms with Crippen molar-refractivity contribution in [3.8, 4) is 0 Å². The molecule has 4 nitrogen and oxygen atoms in total. The molecule has 2 aliphatic heterocycles. The van der Waals surface area contributed by atoms with Crippen molar-refractivity contribution in [1.29, 1.82) is 0 Å². The van der Waals surface area contributed by atoms with Crippen molar-refractivity contribution in [1.82, 2.24) is 5.32 Å². The molecule has 2 aliphatic rings. The fourth-order valence-electron chi connectivity index (χ4n) is 2.49. The lowest BCUT2D eigenvalue weighted by molar-refractivity contribution is -0.123. The Morgan fingerprint density at radius 1 is 1.53 bits per heavy atom. The van der Waals surface area contributed by atoms with E-state index in [1.165, 1.54) is 4.90 Å². The monoisotopic (exact) mass is 279 g/mol. The van der Waals surface area contributed by atoms with E-state index in [0.29, 0.717) is 19.6 Å². The minimum atomic E-state index is -0.888. The first-order valence-corrected chi connectivity index (χ1v) is 7.46. The van der Waals surface area contributed by atoms with E-state index in [4.69, 9.17) is 4.74 Å². The van der Waals surface area contributed by atoms with Crippen LogP contribution in [0.1, 0.15) is 17.9 Å². The molecule has 2 unspecified atom stereocenters. The number of carbonyl (C=O) groups is 1. The molecule has 3 rings (SSSR count). The number of aliphatic hydroxyl groups is 1. The van der Waals surface area contributed by atoms with E-state index in [2.05, 4.69) is 5.32 Å².